The van der Waals surface area contributed by atoms with Gasteiger partial charge in [0, 0.05) is 18.7 Å². The van der Waals surface area contributed by atoms with Gasteiger partial charge >= 0.3 is 6.09 Å². The van der Waals surface area contributed by atoms with Crippen molar-refractivity contribution in [1.29, 1.82) is 0 Å². The molecule has 1 N–H and O–H groups in total. The number of aromatic nitrogens is 5. The molecular formula is C23H22N6O2. The van der Waals surface area contributed by atoms with Gasteiger partial charge < -0.3 is 10.1 Å². The van der Waals surface area contributed by atoms with E-state index in [9.17, 15) is 4.79 Å². The molecule has 0 aliphatic heterocycles. The number of rotatable bonds is 6. The van der Waals surface area contributed by atoms with Crippen LogP contribution in [0.4, 0.5) is 4.79 Å². The van der Waals surface area contributed by atoms with Crippen molar-refractivity contribution in [3.8, 4) is 22.6 Å². The Hall–Kier alpha value is -4.07. The molecule has 0 spiro atoms. The molecule has 2 heterocycles. The van der Waals surface area contributed by atoms with Crippen LogP contribution in [0.3, 0.4) is 0 Å². The molecule has 2 aromatic heterocycles. The second-order valence-corrected chi connectivity index (χ2v) is 7.01. The number of nitrogens with one attached hydrogen (secondary N) is 1. The summed E-state index contributed by atoms with van der Waals surface area (Å²) in [5, 5.41) is 14.6. The number of carbonyl (C=O) groups excluding carboxylic acids is 1. The highest BCUT2D eigenvalue weighted by molar-refractivity contribution is 5.73. The molecule has 8 nitrogen and oxygen atoms in total. The van der Waals surface area contributed by atoms with Crippen LogP contribution < -0.4 is 10.1 Å². The predicted molar refractivity (Wildman–Crippen MR) is 116 cm³/mol. The number of hydrogen-bond acceptors (Lipinski definition) is 6. The van der Waals surface area contributed by atoms with E-state index in [-0.39, 0.29) is 6.54 Å². The molecule has 4 rings (SSSR count). The van der Waals surface area contributed by atoms with Crippen LogP contribution in [-0.2, 0) is 13.0 Å². The third-order valence-electron chi connectivity index (χ3n) is 4.72. The van der Waals surface area contributed by atoms with Crippen molar-refractivity contribution in [3.05, 3.63) is 83.9 Å². The van der Waals surface area contributed by atoms with Crippen LogP contribution in [0.15, 0.2) is 66.9 Å². The molecule has 0 aliphatic carbocycles. The third-order valence-corrected chi connectivity index (χ3v) is 4.72. The minimum atomic E-state index is -0.565. The molecule has 0 unspecified atom stereocenters. The summed E-state index contributed by atoms with van der Waals surface area (Å²) in [5.41, 5.74) is 4.51. The Labute approximate surface area is 179 Å². The van der Waals surface area contributed by atoms with Crippen LogP contribution in [0.5, 0.6) is 5.75 Å². The van der Waals surface area contributed by atoms with Crippen molar-refractivity contribution in [2.75, 3.05) is 0 Å². The third kappa shape index (κ3) is 4.92. The molecule has 0 saturated heterocycles. The summed E-state index contributed by atoms with van der Waals surface area (Å²) in [4.78, 5) is 16.6. The van der Waals surface area contributed by atoms with Gasteiger partial charge in [0.05, 0.1) is 17.9 Å². The highest BCUT2D eigenvalue weighted by Gasteiger charge is 2.13. The van der Waals surface area contributed by atoms with Gasteiger partial charge in [0.15, 0.2) is 5.82 Å². The van der Waals surface area contributed by atoms with Crippen molar-refractivity contribution in [1.82, 2.24) is 30.5 Å². The molecule has 156 valence electrons. The molecule has 0 atom stereocenters. The van der Waals surface area contributed by atoms with Crippen molar-refractivity contribution < 1.29 is 9.53 Å². The van der Waals surface area contributed by atoms with Gasteiger partial charge in [-0.15, -0.1) is 5.10 Å². The van der Waals surface area contributed by atoms with Crippen molar-refractivity contribution in [3.63, 3.8) is 0 Å². The van der Waals surface area contributed by atoms with Gasteiger partial charge in [-0.25, -0.2) is 4.79 Å². The largest absolute Gasteiger partial charge is 0.412 e. The minimum Gasteiger partial charge on any atom is -0.410 e. The summed E-state index contributed by atoms with van der Waals surface area (Å²) in [6.07, 6.45) is 1.78. The van der Waals surface area contributed by atoms with Crippen molar-refractivity contribution >= 4 is 6.09 Å². The highest BCUT2D eigenvalue weighted by atomic mass is 16.6. The standard InChI is InChI=1S/C23H22N6O2/c1-3-22-26-27-28-29(22)20-12-18(17-9-7-16(2)8-10-17)13-21(14-20)31-23(30)25-15-19-6-4-5-11-24-19/h4-14H,3,15H2,1-2H3,(H,25,30). The van der Waals surface area contributed by atoms with Gasteiger partial charge in [0.1, 0.15) is 5.75 Å². The van der Waals surface area contributed by atoms with Crippen molar-refractivity contribution in [2.24, 2.45) is 0 Å². The average molecular weight is 414 g/mol. The van der Waals surface area contributed by atoms with E-state index in [0.717, 1.165) is 16.8 Å². The molecule has 0 bridgehead atoms. The number of nitrogens with zero attached hydrogens (tertiary/aromatic N) is 5. The monoisotopic (exact) mass is 414 g/mol. The zero-order valence-electron chi connectivity index (χ0n) is 17.3. The summed E-state index contributed by atoms with van der Waals surface area (Å²) < 4.78 is 7.22. The molecule has 0 saturated carbocycles. The number of carbonyl (C=O) groups is 1. The van der Waals surface area contributed by atoms with Crippen molar-refractivity contribution in [2.45, 2.75) is 26.8 Å². The molecule has 0 aliphatic rings. The number of tetrazole rings is 1. The molecule has 4 aromatic rings. The van der Waals surface area contributed by atoms with Gasteiger partial charge in [-0.05, 0) is 52.7 Å². The lowest BCUT2D eigenvalue weighted by Crippen LogP contribution is -2.26. The molecule has 2 aromatic carbocycles. The first-order chi connectivity index (χ1) is 15.1. The number of hydrogen-bond donors (Lipinski definition) is 1. The number of benzene rings is 2. The number of ether oxygens (including phenoxy) is 1. The van der Waals surface area contributed by atoms with E-state index in [4.69, 9.17) is 4.74 Å². The van der Waals surface area contributed by atoms with E-state index in [2.05, 4.69) is 25.8 Å². The summed E-state index contributed by atoms with van der Waals surface area (Å²) in [6.45, 7) is 4.29. The summed E-state index contributed by atoms with van der Waals surface area (Å²) in [5.74, 6) is 1.11. The highest BCUT2D eigenvalue weighted by Crippen LogP contribution is 2.28. The van der Waals surface area contributed by atoms with E-state index in [1.807, 2.05) is 68.4 Å². The Bertz CT molecular complexity index is 1170. The fourth-order valence-corrected chi connectivity index (χ4v) is 3.11. The first-order valence-electron chi connectivity index (χ1n) is 9.97. The predicted octanol–water partition coefficient (Wildman–Crippen LogP) is 3.88. The number of aryl methyl sites for hydroxylation is 2. The smallest absolute Gasteiger partial charge is 0.410 e. The molecular weight excluding hydrogens is 392 g/mol. The van der Waals surface area contributed by atoms with Crippen LogP contribution in [0, 0.1) is 6.92 Å². The maximum Gasteiger partial charge on any atom is 0.412 e. The lowest BCUT2D eigenvalue weighted by Gasteiger charge is -2.12. The fraction of sp³-hybridized carbons (Fsp3) is 0.174. The zero-order chi connectivity index (χ0) is 21.6. The van der Waals surface area contributed by atoms with E-state index in [1.54, 1.807) is 16.9 Å². The molecule has 1 amide bonds. The maximum absolute atomic E-state index is 12.4. The van der Waals surface area contributed by atoms with Crippen LogP contribution in [-0.4, -0.2) is 31.3 Å². The SMILES string of the molecule is CCc1nnnn1-c1cc(OC(=O)NCc2ccccn2)cc(-c2ccc(C)cc2)c1. The maximum atomic E-state index is 12.4. The van der Waals surface area contributed by atoms with Gasteiger partial charge in [0.2, 0.25) is 0 Å². The average Bonchev–Trinajstić information content (AvgIpc) is 3.28. The van der Waals surface area contributed by atoms with Crippen LogP contribution in [0.2, 0.25) is 0 Å². The summed E-state index contributed by atoms with van der Waals surface area (Å²) >= 11 is 0. The second kappa shape index (κ2) is 9.17. The lowest BCUT2D eigenvalue weighted by atomic mass is 10.0. The molecule has 8 heteroatoms. The van der Waals surface area contributed by atoms with Gasteiger partial charge in [-0.1, -0.05) is 42.8 Å². The second-order valence-electron chi connectivity index (χ2n) is 7.01. The number of pyridine rings is 1. The lowest BCUT2D eigenvalue weighted by molar-refractivity contribution is 0.200. The first-order valence-corrected chi connectivity index (χ1v) is 9.97. The Morgan fingerprint density at radius 2 is 1.90 bits per heavy atom. The zero-order valence-corrected chi connectivity index (χ0v) is 17.3. The molecule has 31 heavy (non-hydrogen) atoms. The Kier molecular flexibility index (Phi) is 5.98. The molecule has 0 fully saturated rings. The summed E-state index contributed by atoms with van der Waals surface area (Å²) in [7, 11) is 0. The van der Waals surface area contributed by atoms with Crippen LogP contribution in [0.25, 0.3) is 16.8 Å². The van der Waals surface area contributed by atoms with E-state index in [1.165, 1.54) is 5.56 Å². The van der Waals surface area contributed by atoms with E-state index in [0.29, 0.717) is 23.7 Å². The quantitative estimate of drug-likeness (QED) is 0.514. The minimum absolute atomic E-state index is 0.275. The van der Waals surface area contributed by atoms with Gasteiger partial charge in [0.25, 0.3) is 0 Å². The van der Waals surface area contributed by atoms with E-state index < -0.39 is 6.09 Å². The van der Waals surface area contributed by atoms with Crippen LogP contribution >= 0.6 is 0 Å². The van der Waals surface area contributed by atoms with Gasteiger partial charge in [-0.3, -0.25) is 4.98 Å². The topological polar surface area (TPSA) is 94.8 Å². The van der Waals surface area contributed by atoms with Crippen LogP contribution in [0.1, 0.15) is 24.0 Å². The normalized spacial score (nSPS) is 10.6. The first kappa shape index (κ1) is 20.2. The van der Waals surface area contributed by atoms with E-state index >= 15 is 0 Å². The fourth-order valence-electron chi connectivity index (χ4n) is 3.11. The molecule has 0 radical (unpaired) electrons. The Balaban J connectivity index is 1.62. The Morgan fingerprint density at radius 1 is 1.06 bits per heavy atom. The Morgan fingerprint density at radius 3 is 2.65 bits per heavy atom. The van der Waals surface area contributed by atoms with Gasteiger partial charge in [-0.2, -0.15) is 4.68 Å². The number of amides is 1. The summed E-state index contributed by atoms with van der Waals surface area (Å²) in [6, 6.07) is 19.2.